The molecule has 0 spiro atoms. The molecule has 0 saturated heterocycles. The summed E-state index contributed by atoms with van der Waals surface area (Å²) >= 11 is -3.93. The molecular formula is C38H58O8Sn. The first-order chi connectivity index (χ1) is 22.6. The third kappa shape index (κ3) is 12.9. The Kier molecular flexibility index (Phi) is 21.0. The molecule has 0 radical (unpaired) electrons. The first-order valence-corrected chi connectivity index (χ1v) is 25.0. The van der Waals surface area contributed by atoms with Gasteiger partial charge < -0.3 is 0 Å². The molecule has 0 heterocycles. The zero-order valence-electron chi connectivity index (χ0n) is 30.1. The topological polar surface area (TPSA) is 105 Å². The molecule has 0 atom stereocenters. The predicted molar refractivity (Wildman–Crippen MR) is 190 cm³/mol. The number of allylic oxidation sites excluding steroid dienone is 2. The van der Waals surface area contributed by atoms with Crippen molar-refractivity contribution in [2.45, 2.75) is 114 Å². The first kappa shape index (κ1) is 42.1. The number of rotatable bonds is 22. The van der Waals surface area contributed by atoms with Gasteiger partial charge in [-0.1, -0.05) is 0 Å². The molecule has 9 heteroatoms. The monoisotopic (exact) mass is 762 g/mol. The fourth-order valence-corrected chi connectivity index (χ4v) is 22.5. The van der Waals surface area contributed by atoms with Gasteiger partial charge in [-0.15, -0.1) is 0 Å². The number of esters is 4. The molecule has 0 aromatic heterocycles. The summed E-state index contributed by atoms with van der Waals surface area (Å²) in [5, 5.41) is 0. The normalized spacial score (nSPS) is 12.9. The second-order valence-electron chi connectivity index (χ2n) is 11.5. The van der Waals surface area contributed by atoms with E-state index in [1.54, 1.807) is 27.7 Å². The minimum atomic E-state index is -3.93. The van der Waals surface area contributed by atoms with E-state index in [-0.39, 0.29) is 49.6 Å². The Bertz CT molecular complexity index is 1220. The molecule has 47 heavy (non-hydrogen) atoms. The van der Waals surface area contributed by atoms with E-state index in [9.17, 15) is 19.2 Å². The molecule has 0 N–H and O–H groups in total. The van der Waals surface area contributed by atoms with Crippen LogP contribution in [0.1, 0.15) is 106 Å². The van der Waals surface area contributed by atoms with Crippen molar-refractivity contribution in [1.29, 1.82) is 0 Å². The van der Waals surface area contributed by atoms with Gasteiger partial charge in [-0.2, -0.15) is 0 Å². The zero-order chi connectivity index (χ0) is 35.2. The van der Waals surface area contributed by atoms with Crippen molar-refractivity contribution < 1.29 is 38.1 Å². The van der Waals surface area contributed by atoms with Crippen LogP contribution in [0.2, 0.25) is 13.3 Å². The van der Waals surface area contributed by atoms with E-state index in [1.165, 1.54) is 0 Å². The van der Waals surface area contributed by atoms with E-state index >= 15 is 0 Å². The Labute approximate surface area is 287 Å². The van der Waals surface area contributed by atoms with Gasteiger partial charge in [0.15, 0.2) is 0 Å². The van der Waals surface area contributed by atoms with Crippen LogP contribution in [0.15, 0.2) is 56.7 Å². The van der Waals surface area contributed by atoms with Crippen LogP contribution in [-0.4, -0.2) is 68.7 Å². The summed E-state index contributed by atoms with van der Waals surface area (Å²) in [5.74, 6) is -3.05. The molecule has 8 nitrogen and oxygen atoms in total. The summed E-state index contributed by atoms with van der Waals surface area (Å²) in [6, 6.07) is 9.66. The van der Waals surface area contributed by atoms with Gasteiger partial charge in [0.2, 0.25) is 0 Å². The molecule has 0 saturated carbocycles. The van der Waals surface area contributed by atoms with E-state index < -0.39 is 42.3 Å². The molecule has 0 amide bonds. The fourth-order valence-electron chi connectivity index (χ4n) is 5.77. The van der Waals surface area contributed by atoms with Gasteiger partial charge in [-0.25, -0.2) is 0 Å². The number of hydrogen-bond donors (Lipinski definition) is 0. The summed E-state index contributed by atoms with van der Waals surface area (Å²) < 4.78 is 25.2. The van der Waals surface area contributed by atoms with Gasteiger partial charge in [-0.3, -0.25) is 0 Å². The van der Waals surface area contributed by atoms with E-state index in [4.69, 9.17) is 18.9 Å². The van der Waals surface area contributed by atoms with Crippen molar-refractivity contribution in [3.63, 3.8) is 0 Å². The van der Waals surface area contributed by atoms with Crippen molar-refractivity contribution in [3.05, 3.63) is 62.3 Å². The van der Waals surface area contributed by atoms with Gasteiger partial charge >= 0.3 is 288 Å². The third-order valence-electron chi connectivity index (χ3n) is 8.16. The molecule has 1 rings (SSSR count). The Morgan fingerprint density at radius 1 is 0.596 bits per heavy atom. The van der Waals surface area contributed by atoms with Crippen LogP contribution in [0.25, 0.3) is 5.57 Å². The van der Waals surface area contributed by atoms with Crippen molar-refractivity contribution in [1.82, 2.24) is 0 Å². The van der Waals surface area contributed by atoms with Gasteiger partial charge in [0.05, 0.1) is 0 Å². The molecule has 0 unspecified atom stereocenters. The van der Waals surface area contributed by atoms with Crippen LogP contribution in [0.4, 0.5) is 0 Å². The van der Waals surface area contributed by atoms with Gasteiger partial charge in [0, 0.05) is 0 Å². The van der Waals surface area contributed by atoms with Gasteiger partial charge in [0.25, 0.3) is 0 Å². The molecule has 1 aromatic carbocycles. The van der Waals surface area contributed by atoms with E-state index in [2.05, 4.69) is 20.8 Å². The number of ether oxygens (including phenoxy) is 4. The number of carbonyl (C=O) groups excluding carboxylic acids is 4. The zero-order valence-corrected chi connectivity index (χ0v) is 33.0. The van der Waals surface area contributed by atoms with Crippen LogP contribution in [0.5, 0.6) is 0 Å². The fraction of sp³-hybridized carbons (Fsp3) is 0.579. The van der Waals surface area contributed by atoms with E-state index in [0.717, 1.165) is 63.0 Å². The average Bonchev–Trinajstić information content (AvgIpc) is 3.06. The van der Waals surface area contributed by atoms with Crippen LogP contribution >= 0.6 is 0 Å². The molecule has 262 valence electrons. The van der Waals surface area contributed by atoms with Crippen LogP contribution in [0, 0.1) is 0 Å². The number of carbonyl (C=O) groups is 4. The van der Waals surface area contributed by atoms with Crippen LogP contribution < -0.4 is 0 Å². The Morgan fingerprint density at radius 2 is 1.02 bits per heavy atom. The van der Waals surface area contributed by atoms with Crippen molar-refractivity contribution >= 4 is 47.8 Å². The molecule has 0 fully saturated rings. The van der Waals surface area contributed by atoms with Gasteiger partial charge in [-0.05, 0) is 0 Å². The van der Waals surface area contributed by atoms with E-state index in [0.29, 0.717) is 3.59 Å². The maximum absolute atomic E-state index is 14.3. The molecule has 0 aliphatic rings. The van der Waals surface area contributed by atoms with Crippen molar-refractivity contribution in [2.75, 3.05) is 26.4 Å². The number of hydrogen-bond acceptors (Lipinski definition) is 8. The molecule has 1 aromatic rings. The first-order valence-electron chi connectivity index (χ1n) is 17.5. The summed E-state index contributed by atoms with van der Waals surface area (Å²) in [7, 11) is 0. The molecular weight excluding hydrogens is 703 g/mol. The summed E-state index contributed by atoms with van der Waals surface area (Å²) in [6.45, 7) is 15.1. The van der Waals surface area contributed by atoms with Crippen LogP contribution in [-0.2, 0) is 38.1 Å². The second-order valence-corrected chi connectivity index (χ2v) is 24.6. The molecule has 0 aliphatic heterocycles. The summed E-state index contributed by atoms with van der Waals surface area (Å²) in [4.78, 5) is 56.6. The van der Waals surface area contributed by atoms with E-state index in [1.807, 2.05) is 43.3 Å². The minimum absolute atomic E-state index is 0.00189. The predicted octanol–water partition coefficient (Wildman–Crippen LogP) is 8.71. The third-order valence-corrected chi connectivity index (χ3v) is 23.7. The van der Waals surface area contributed by atoms with Crippen molar-refractivity contribution in [3.8, 4) is 0 Å². The molecule has 0 aliphatic carbocycles. The quantitative estimate of drug-likeness (QED) is 0.0380. The average molecular weight is 762 g/mol. The van der Waals surface area contributed by atoms with Crippen molar-refractivity contribution in [2.24, 2.45) is 0 Å². The standard InChI is InChI=1S/C26H31O8.3C4H9.Sn/c1-6-31-22(27)17-21(25(29)33-8-3)23(26(30)34-9-4)20(24(28)32-7-2)16-15-18(5)19-13-11-10-12-14-19;3*1-3-4-2;/h10-15H,6-9,16H2,1-5H3;3*1,3-4H2,2H3;/b18-15+,21-17?,23-20-;;;;. The SMILES string of the molecule is CCC[CH2][Sn]([CH2]CCC)([CH2]CCC)/[C](C(=O)OCC)=C(C(=O)OCC)\C(C(=O)OCC)=C(/C/C=C(\C)c1ccccc1)C(=O)OCC. The molecule has 0 bridgehead atoms. The second kappa shape index (κ2) is 23.4. The Morgan fingerprint density at radius 3 is 1.47 bits per heavy atom. The van der Waals surface area contributed by atoms with Crippen LogP contribution in [0.3, 0.4) is 0 Å². The Balaban J connectivity index is 4.58. The maximum atomic E-state index is 14.3. The van der Waals surface area contributed by atoms with Gasteiger partial charge in [0.1, 0.15) is 0 Å². The number of benzene rings is 1. The summed E-state index contributed by atoms with van der Waals surface area (Å²) in [5.41, 5.74) is 1.33. The number of unbranched alkanes of at least 4 members (excludes halogenated alkanes) is 3. The summed E-state index contributed by atoms with van der Waals surface area (Å²) in [6.07, 6.45) is 7.18. The Hall–Kier alpha value is -2.88.